The van der Waals surface area contributed by atoms with Crippen molar-refractivity contribution < 1.29 is 62.1 Å². The molecule has 0 fully saturated rings. The molecule has 1 amide bonds. The average molecular weight is 722 g/mol. The summed E-state index contributed by atoms with van der Waals surface area (Å²) in [4.78, 5) is 22.6. The predicted octanol–water partition coefficient (Wildman–Crippen LogP) is 3.54. The summed E-state index contributed by atoms with van der Waals surface area (Å²) in [5.41, 5.74) is 4.79. The van der Waals surface area contributed by atoms with Crippen molar-refractivity contribution in [3.63, 3.8) is 0 Å². The zero-order chi connectivity index (χ0) is 36.0. The molecule has 14 heteroatoms. The van der Waals surface area contributed by atoms with Gasteiger partial charge in [0.15, 0.2) is 0 Å². The van der Waals surface area contributed by atoms with E-state index in [1.807, 2.05) is 24.3 Å². The van der Waals surface area contributed by atoms with Crippen LogP contribution in [0.3, 0.4) is 0 Å². The number of carbonyl (C=O) groups is 2. The third-order valence-corrected chi connectivity index (χ3v) is 7.51. The Kier molecular flexibility index (Phi) is 23.5. The van der Waals surface area contributed by atoms with Gasteiger partial charge in [0, 0.05) is 19.1 Å². The van der Waals surface area contributed by atoms with Crippen molar-refractivity contribution in [3.8, 4) is 11.1 Å². The molecular weight excluding hydrogens is 666 g/mol. The van der Waals surface area contributed by atoms with Gasteiger partial charge in [0.2, 0.25) is 0 Å². The van der Waals surface area contributed by atoms with Crippen LogP contribution in [0.4, 0.5) is 4.79 Å². The van der Waals surface area contributed by atoms with E-state index in [9.17, 15) is 9.59 Å². The van der Waals surface area contributed by atoms with Crippen molar-refractivity contribution in [2.75, 3.05) is 132 Å². The minimum absolute atomic E-state index is 0.00618. The van der Waals surface area contributed by atoms with Crippen LogP contribution in [0.1, 0.15) is 29.9 Å². The van der Waals surface area contributed by atoms with Gasteiger partial charge in [-0.15, -0.1) is 0 Å². The van der Waals surface area contributed by atoms with E-state index in [0.29, 0.717) is 132 Å². The topological polar surface area (TPSA) is 159 Å². The van der Waals surface area contributed by atoms with Crippen molar-refractivity contribution in [1.82, 2.24) is 5.32 Å². The van der Waals surface area contributed by atoms with Crippen LogP contribution < -0.4 is 5.32 Å². The molecule has 2 aromatic rings. The highest BCUT2D eigenvalue weighted by atomic mass is 16.6. The molecule has 0 radical (unpaired) electrons. The molecule has 0 unspecified atom stereocenters. The fourth-order valence-electron chi connectivity index (χ4n) is 5.03. The highest BCUT2D eigenvalue weighted by Crippen LogP contribution is 2.44. The molecule has 2 N–H and O–H groups in total. The molecule has 0 aromatic heterocycles. The monoisotopic (exact) mass is 721 g/mol. The van der Waals surface area contributed by atoms with Crippen LogP contribution in [0, 0.1) is 0 Å². The van der Waals surface area contributed by atoms with E-state index in [4.69, 9.17) is 52.5 Å². The van der Waals surface area contributed by atoms with E-state index in [1.165, 1.54) is 22.3 Å². The maximum Gasteiger partial charge on any atom is 0.407 e. The van der Waals surface area contributed by atoms with Gasteiger partial charge >= 0.3 is 12.1 Å². The summed E-state index contributed by atoms with van der Waals surface area (Å²) >= 11 is 0. The number of fused-ring (bicyclic) bond motifs is 3. The minimum atomic E-state index is -0.877. The van der Waals surface area contributed by atoms with E-state index < -0.39 is 12.1 Å². The number of amides is 1. The Labute approximate surface area is 300 Å². The second kappa shape index (κ2) is 28.4. The molecule has 286 valence electrons. The summed E-state index contributed by atoms with van der Waals surface area (Å²) in [5, 5.41) is 11.3. The van der Waals surface area contributed by atoms with Crippen molar-refractivity contribution in [1.29, 1.82) is 0 Å². The number of hydrogen-bond donors (Lipinski definition) is 2. The zero-order valence-corrected chi connectivity index (χ0v) is 29.6. The summed E-state index contributed by atoms with van der Waals surface area (Å²) < 4.78 is 54.4. The van der Waals surface area contributed by atoms with Gasteiger partial charge in [-0.05, 0) is 28.7 Å². The number of hydrogen-bond acceptors (Lipinski definition) is 12. The third kappa shape index (κ3) is 19.3. The first-order valence-corrected chi connectivity index (χ1v) is 17.7. The summed E-state index contributed by atoms with van der Waals surface area (Å²) in [5.74, 6) is -0.831. The summed E-state index contributed by atoms with van der Waals surface area (Å²) in [7, 11) is 0. The summed E-state index contributed by atoms with van der Waals surface area (Å²) in [6.07, 6.45) is 0.253. The minimum Gasteiger partial charge on any atom is -0.481 e. The third-order valence-electron chi connectivity index (χ3n) is 7.51. The van der Waals surface area contributed by atoms with Crippen LogP contribution in [-0.4, -0.2) is 149 Å². The number of rotatable bonds is 33. The van der Waals surface area contributed by atoms with Gasteiger partial charge in [-0.3, -0.25) is 4.79 Å². The average Bonchev–Trinajstić information content (AvgIpc) is 3.46. The molecule has 1 aliphatic rings. The number of carbonyl (C=O) groups excluding carboxylic acids is 1. The maximum absolute atomic E-state index is 12.3. The fraction of sp³-hybridized carbons (Fsp3) is 0.622. The number of alkyl carbamates (subject to hydrolysis) is 1. The van der Waals surface area contributed by atoms with Crippen molar-refractivity contribution >= 4 is 12.1 Å². The van der Waals surface area contributed by atoms with Gasteiger partial charge < -0.3 is 57.8 Å². The molecule has 0 saturated heterocycles. The van der Waals surface area contributed by atoms with Crippen molar-refractivity contribution in [2.45, 2.75) is 18.8 Å². The predicted molar refractivity (Wildman–Crippen MR) is 187 cm³/mol. The van der Waals surface area contributed by atoms with Gasteiger partial charge in [0.1, 0.15) is 6.61 Å². The molecule has 0 spiro atoms. The van der Waals surface area contributed by atoms with Crippen LogP contribution in [0.25, 0.3) is 11.1 Å². The molecule has 2 aromatic carbocycles. The Morgan fingerprint density at radius 2 is 0.863 bits per heavy atom. The normalized spacial score (nSPS) is 12.2. The molecule has 0 bridgehead atoms. The number of carboxylic acids is 1. The number of nitrogens with one attached hydrogen (secondary N) is 1. The first kappa shape index (κ1) is 42.2. The lowest BCUT2D eigenvalue weighted by Gasteiger charge is -2.14. The molecule has 0 heterocycles. The van der Waals surface area contributed by atoms with E-state index in [1.54, 1.807) is 0 Å². The summed E-state index contributed by atoms with van der Waals surface area (Å²) in [6.45, 7) is 8.83. The SMILES string of the molecule is O=C(O)CCOCCOCCOCCOCCOCCOCCOCCOCCOCCCNC(=O)OCC1c2ccccc2-c2ccccc21. The lowest BCUT2D eigenvalue weighted by molar-refractivity contribution is -0.138. The smallest absolute Gasteiger partial charge is 0.407 e. The number of carboxylic acid groups (broad SMARTS) is 1. The van der Waals surface area contributed by atoms with Crippen LogP contribution in [-0.2, 0) is 52.2 Å². The molecule has 0 aliphatic heterocycles. The highest BCUT2D eigenvalue weighted by Gasteiger charge is 2.28. The molecule has 0 atom stereocenters. The van der Waals surface area contributed by atoms with Gasteiger partial charge in [0.25, 0.3) is 0 Å². The number of aliphatic carboxylic acids is 1. The molecule has 3 rings (SSSR count). The van der Waals surface area contributed by atoms with Crippen LogP contribution >= 0.6 is 0 Å². The number of ether oxygens (including phenoxy) is 10. The molecule has 51 heavy (non-hydrogen) atoms. The van der Waals surface area contributed by atoms with E-state index in [0.717, 1.165) is 0 Å². The Balaban J connectivity index is 0.967. The van der Waals surface area contributed by atoms with Crippen molar-refractivity contribution in [3.05, 3.63) is 59.7 Å². The second-order valence-electron chi connectivity index (χ2n) is 11.3. The van der Waals surface area contributed by atoms with Gasteiger partial charge in [0.05, 0.1) is 119 Å². The maximum atomic E-state index is 12.3. The number of benzene rings is 2. The molecular formula is C37H55NO13. The Morgan fingerprint density at radius 1 is 0.510 bits per heavy atom. The molecule has 14 nitrogen and oxygen atoms in total. The highest BCUT2D eigenvalue weighted by molar-refractivity contribution is 5.79. The van der Waals surface area contributed by atoms with Gasteiger partial charge in [-0.1, -0.05) is 48.5 Å². The largest absolute Gasteiger partial charge is 0.481 e. The Bertz CT molecular complexity index is 1160. The lowest BCUT2D eigenvalue weighted by Crippen LogP contribution is -2.27. The van der Waals surface area contributed by atoms with Crippen LogP contribution in [0.15, 0.2) is 48.5 Å². The Morgan fingerprint density at radius 3 is 1.25 bits per heavy atom. The first-order valence-electron chi connectivity index (χ1n) is 17.7. The summed E-state index contributed by atoms with van der Waals surface area (Å²) in [6, 6.07) is 16.5. The van der Waals surface area contributed by atoms with Gasteiger partial charge in [-0.25, -0.2) is 4.79 Å². The molecule has 1 aliphatic carbocycles. The standard InChI is InChI=1S/C37H55NO13/c39-36(40)10-13-43-15-17-45-19-21-47-23-25-49-27-29-50-28-26-48-24-22-46-20-18-44-16-14-42-12-5-11-38-37(41)51-30-35-33-8-3-1-6-31(33)32-7-2-4-9-34(32)35/h1-4,6-9,35H,5,10-30H2,(H,38,41)(H,39,40). The van der Waals surface area contributed by atoms with Crippen LogP contribution in [0.2, 0.25) is 0 Å². The molecule has 0 saturated carbocycles. The van der Waals surface area contributed by atoms with Crippen molar-refractivity contribution in [2.24, 2.45) is 0 Å². The zero-order valence-electron chi connectivity index (χ0n) is 29.6. The fourth-order valence-corrected chi connectivity index (χ4v) is 5.03. The van der Waals surface area contributed by atoms with Gasteiger partial charge in [-0.2, -0.15) is 0 Å². The van der Waals surface area contributed by atoms with E-state index in [-0.39, 0.29) is 18.9 Å². The lowest BCUT2D eigenvalue weighted by atomic mass is 9.98. The Hall–Kier alpha value is -3.18. The second-order valence-corrected chi connectivity index (χ2v) is 11.3. The quantitative estimate of drug-likeness (QED) is 0.103. The van der Waals surface area contributed by atoms with Crippen LogP contribution in [0.5, 0.6) is 0 Å². The van der Waals surface area contributed by atoms with E-state index >= 15 is 0 Å². The van der Waals surface area contributed by atoms with E-state index in [2.05, 4.69) is 29.6 Å². The first-order chi connectivity index (χ1) is 25.2.